The average molecular weight is 214 g/mol. The topological polar surface area (TPSA) is 74.6 Å². The fraction of sp³-hybridized carbons (Fsp3) is 1.00. The molecule has 3 unspecified atom stereocenters. The maximum atomic E-state index is 10.7. The molecule has 0 rings (SSSR count). The first-order valence-corrected chi connectivity index (χ1v) is 7.02. The summed E-state index contributed by atoms with van der Waals surface area (Å²) in [4.78, 5) is 17.4. The Balaban J connectivity index is 3.87. The minimum Gasteiger partial charge on any atom is -0.346 e. The summed E-state index contributed by atoms with van der Waals surface area (Å²) in [7, 11) is -5.22. The van der Waals surface area contributed by atoms with Crippen LogP contribution in [0.15, 0.2) is 0 Å². The summed E-state index contributed by atoms with van der Waals surface area (Å²) in [5.74, 6) is 0. The van der Waals surface area contributed by atoms with Gasteiger partial charge in [0.1, 0.15) is 0 Å². The van der Waals surface area contributed by atoms with Crippen LogP contribution in [-0.4, -0.2) is 21.6 Å². The molecule has 0 fully saturated rings. The first-order chi connectivity index (χ1) is 5.57. The SMILES string of the molecule is CCCCC(C[PH](=O)O)[PH](=O)O. The molecule has 2 N–H and O–H groups in total. The standard InChI is InChI=1S/C6H16O4P2/c1-2-3-4-6(12(9)10)5-11(7)8/h6,11-12H,2-5H2,1H3,(H,7,8)(H,9,10). The third-order valence-electron chi connectivity index (χ3n) is 1.68. The Morgan fingerprint density at radius 3 is 2.25 bits per heavy atom. The smallest absolute Gasteiger partial charge is 0.192 e. The molecule has 0 aromatic rings. The maximum absolute atomic E-state index is 10.7. The highest BCUT2D eigenvalue weighted by atomic mass is 31.1. The second kappa shape index (κ2) is 6.85. The van der Waals surface area contributed by atoms with E-state index in [4.69, 9.17) is 9.79 Å². The van der Waals surface area contributed by atoms with Crippen molar-refractivity contribution < 1.29 is 18.9 Å². The van der Waals surface area contributed by atoms with E-state index in [2.05, 4.69) is 0 Å². The zero-order chi connectivity index (χ0) is 9.56. The summed E-state index contributed by atoms with van der Waals surface area (Å²) in [5.41, 5.74) is -0.452. The van der Waals surface area contributed by atoms with Gasteiger partial charge >= 0.3 is 0 Å². The van der Waals surface area contributed by atoms with E-state index in [1.807, 2.05) is 6.92 Å². The normalized spacial score (nSPS) is 18.6. The molecule has 0 bridgehead atoms. The van der Waals surface area contributed by atoms with E-state index in [-0.39, 0.29) is 6.16 Å². The van der Waals surface area contributed by atoms with Gasteiger partial charge in [0.25, 0.3) is 0 Å². The second-order valence-corrected chi connectivity index (χ2v) is 5.46. The first kappa shape index (κ1) is 12.4. The molecule has 0 heterocycles. The van der Waals surface area contributed by atoms with E-state index >= 15 is 0 Å². The summed E-state index contributed by atoms with van der Waals surface area (Å²) in [6, 6.07) is 0. The summed E-state index contributed by atoms with van der Waals surface area (Å²) < 4.78 is 21.1. The zero-order valence-electron chi connectivity index (χ0n) is 7.12. The van der Waals surface area contributed by atoms with Gasteiger partial charge in [-0.25, -0.2) is 0 Å². The van der Waals surface area contributed by atoms with Crippen LogP contribution in [0.2, 0.25) is 0 Å². The lowest BCUT2D eigenvalue weighted by molar-refractivity contribution is 0.474. The van der Waals surface area contributed by atoms with Gasteiger partial charge < -0.3 is 9.79 Å². The van der Waals surface area contributed by atoms with Crippen LogP contribution < -0.4 is 0 Å². The number of rotatable bonds is 6. The van der Waals surface area contributed by atoms with Crippen LogP contribution in [-0.2, 0) is 9.13 Å². The Bertz CT molecular complexity index is 171. The molecule has 0 saturated heterocycles. The van der Waals surface area contributed by atoms with Gasteiger partial charge in [0.15, 0.2) is 16.1 Å². The molecular formula is C6H16O4P2. The Labute approximate surface area is 73.7 Å². The second-order valence-electron chi connectivity index (χ2n) is 2.78. The van der Waals surface area contributed by atoms with Crippen molar-refractivity contribution in [1.82, 2.24) is 0 Å². The molecule has 12 heavy (non-hydrogen) atoms. The minimum absolute atomic E-state index is 0.00103. The van der Waals surface area contributed by atoms with Gasteiger partial charge in [-0.15, -0.1) is 0 Å². The number of hydrogen-bond acceptors (Lipinski definition) is 2. The summed E-state index contributed by atoms with van der Waals surface area (Å²) in [6.45, 7) is 1.98. The maximum Gasteiger partial charge on any atom is 0.192 e. The highest BCUT2D eigenvalue weighted by Gasteiger charge is 2.15. The quantitative estimate of drug-likeness (QED) is 0.656. The third kappa shape index (κ3) is 5.96. The molecule has 0 aliphatic rings. The monoisotopic (exact) mass is 214 g/mol. The molecule has 0 saturated carbocycles. The minimum atomic E-state index is -2.63. The highest BCUT2D eigenvalue weighted by Crippen LogP contribution is 2.33. The Hall–Kier alpha value is 0.380. The molecule has 3 atom stereocenters. The predicted octanol–water partition coefficient (Wildman–Crippen LogP) is 1.48. The number of unbranched alkanes of at least 4 members (excludes halogenated alkanes) is 1. The molecule has 0 spiro atoms. The van der Waals surface area contributed by atoms with Crippen molar-refractivity contribution in [3.05, 3.63) is 0 Å². The van der Waals surface area contributed by atoms with Crippen molar-refractivity contribution in [2.24, 2.45) is 0 Å². The molecule has 0 aliphatic carbocycles. The van der Waals surface area contributed by atoms with Gasteiger partial charge in [-0.2, -0.15) is 0 Å². The van der Waals surface area contributed by atoms with E-state index in [9.17, 15) is 9.13 Å². The molecule has 4 nitrogen and oxygen atoms in total. The molecule has 0 aromatic heterocycles. The van der Waals surface area contributed by atoms with Gasteiger partial charge in [-0.3, -0.25) is 9.13 Å². The van der Waals surface area contributed by atoms with E-state index in [0.717, 1.165) is 12.8 Å². The molecule has 0 amide bonds. The Kier molecular flexibility index (Phi) is 7.07. The Morgan fingerprint density at radius 1 is 1.33 bits per heavy atom. The van der Waals surface area contributed by atoms with Crippen LogP contribution in [0.3, 0.4) is 0 Å². The van der Waals surface area contributed by atoms with Gasteiger partial charge in [0.2, 0.25) is 0 Å². The van der Waals surface area contributed by atoms with Crippen molar-refractivity contribution in [2.75, 3.05) is 6.16 Å². The molecular weight excluding hydrogens is 198 g/mol. The van der Waals surface area contributed by atoms with Gasteiger partial charge in [0.05, 0.1) is 0 Å². The number of hydrogen-bond donors (Lipinski definition) is 2. The molecule has 0 aromatic carbocycles. The van der Waals surface area contributed by atoms with Crippen LogP contribution in [0.1, 0.15) is 26.2 Å². The lowest BCUT2D eigenvalue weighted by Gasteiger charge is -2.10. The van der Waals surface area contributed by atoms with Crippen molar-refractivity contribution in [2.45, 2.75) is 31.8 Å². The molecule has 0 radical (unpaired) electrons. The molecule has 0 aliphatic heterocycles. The fourth-order valence-corrected chi connectivity index (χ4v) is 3.27. The lowest BCUT2D eigenvalue weighted by atomic mass is 10.2. The summed E-state index contributed by atoms with van der Waals surface area (Å²) in [6.07, 6.45) is 2.37. The van der Waals surface area contributed by atoms with Gasteiger partial charge in [0, 0.05) is 11.8 Å². The van der Waals surface area contributed by atoms with E-state index in [0.29, 0.717) is 6.42 Å². The lowest BCUT2D eigenvalue weighted by Crippen LogP contribution is -2.05. The first-order valence-electron chi connectivity index (χ1n) is 4.02. The van der Waals surface area contributed by atoms with Crippen LogP contribution in [0, 0.1) is 0 Å². The van der Waals surface area contributed by atoms with Crippen molar-refractivity contribution >= 4 is 16.1 Å². The van der Waals surface area contributed by atoms with Gasteiger partial charge in [-0.1, -0.05) is 19.8 Å². The van der Waals surface area contributed by atoms with E-state index in [1.165, 1.54) is 0 Å². The van der Waals surface area contributed by atoms with Crippen molar-refractivity contribution in [1.29, 1.82) is 0 Å². The van der Waals surface area contributed by atoms with Crippen molar-refractivity contribution in [3.8, 4) is 0 Å². The largest absolute Gasteiger partial charge is 0.346 e. The average Bonchev–Trinajstić information content (AvgIpc) is 1.96. The summed E-state index contributed by atoms with van der Waals surface area (Å²) >= 11 is 0. The van der Waals surface area contributed by atoms with E-state index < -0.39 is 21.7 Å². The zero-order valence-corrected chi connectivity index (χ0v) is 9.12. The fourth-order valence-electron chi connectivity index (χ4n) is 0.974. The van der Waals surface area contributed by atoms with Crippen LogP contribution in [0.25, 0.3) is 0 Å². The van der Waals surface area contributed by atoms with Crippen LogP contribution >= 0.6 is 16.1 Å². The highest BCUT2D eigenvalue weighted by molar-refractivity contribution is 7.43. The van der Waals surface area contributed by atoms with Crippen LogP contribution in [0.5, 0.6) is 0 Å². The summed E-state index contributed by atoms with van der Waals surface area (Å²) in [5, 5.41) is 0. The van der Waals surface area contributed by atoms with Gasteiger partial charge in [-0.05, 0) is 6.42 Å². The van der Waals surface area contributed by atoms with Crippen molar-refractivity contribution in [3.63, 3.8) is 0 Å². The van der Waals surface area contributed by atoms with E-state index in [1.54, 1.807) is 0 Å². The molecule has 74 valence electrons. The van der Waals surface area contributed by atoms with Crippen LogP contribution in [0.4, 0.5) is 0 Å². The predicted molar refractivity (Wildman–Crippen MR) is 50.6 cm³/mol. The molecule has 6 heteroatoms. The third-order valence-corrected chi connectivity index (χ3v) is 4.12. The Morgan fingerprint density at radius 2 is 1.92 bits per heavy atom.